The van der Waals surface area contributed by atoms with E-state index in [4.69, 9.17) is 20.8 Å². The van der Waals surface area contributed by atoms with Gasteiger partial charge < -0.3 is 14.5 Å². The number of nitrogens with one attached hydrogen (secondary N) is 1. The molecule has 3 aromatic rings. The topological polar surface area (TPSA) is 112 Å². The zero-order valence-corrected chi connectivity index (χ0v) is 15.9. The summed E-state index contributed by atoms with van der Waals surface area (Å²) in [4.78, 5) is 22.4. The van der Waals surface area contributed by atoms with Gasteiger partial charge in [-0.1, -0.05) is 11.6 Å². The maximum atomic E-state index is 12.2. The van der Waals surface area contributed by atoms with Crippen molar-refractivity contribution in [3.8, 4) is 5.75 Å². The van der Waals surface area contributed by atoms with Gasteiger partial charge in [0, 0.05) is 37.0 Å². The van der Waals surface area contributed by atoms with E-state index in [1.165, 1.54) is 18.2 Å². The van der Waals surface area contributed by atoms with Gasteiger partial charge in [-0.25, -0.2) is 0 Å². The van der Waals surface area contributed by atoms with Crippen LogP contribution in [-0.4, -0.2) is 20.6 Å². The molecule has 1 aromatic carbocycles. The normalized spacial score (nSPS) is 10.7. The maximum absolute atomic E-state index is 12.2. The van der Waals surface area contributed by atoms with Crippen LogP contribution in [0.15, 0.2) is 40.9 Å². The SMILES string of the molecule is Cc1c(CNC(=O)c2ccc(COc3ccc([N+](=O)[O-])cc3Cl)o2)cnn1C. The zero-order chi connectivity index (χ0) is 20.3. The molecule has 0 atom stereocenters. The van der Waals surface area contributed by atoms with Crippen molar-refractivity contribution >= 4 is 23.2 Å². The minimum absolute atomic E-state index is 0.0204. The lowest BCUT2D eigenvalue weighted by Crippen LogP contribution is -2.22. The number of non-ortho nitro benzene ring substituents is 1. The van der Waals surface area contributed by atoms with Crippen LogP contribution in [-0.2, 0) is 20.2 Å². The quantitative estimate of drug-likeness (QED) is 0.477. The first kappa shape index (κ1) is 19.4. The third kappa shape index (κ3) is 4.32. The Morgan fingerprint density at radius 2 is 2.18 bits per heavy atom. The van der Waals surface area contributed by atoms with E-state index in [0.717, 1.165) is 11.3 Å². The fourth-order valence-corrected chi connectivity index (χ4v) is 2.66. The van der Waals surface area contributed by atoms with E-state index in [-0.39, 0.29) is 34.7 Å². The van der Waals surface area contributed by atoms with E-state index in [2.05, 4.69) is 10.4 Å². The molecular weight excluding hydrogens is 388 g/mol. The molecule has 0 saturated carbocycles. The number of furan rings is 1. The average molecular weight is 405 g/mol. The first-order valence-electron chi connectivity index (χ1n) is 8.26. The number of rotatable bonds is 7. The third-order valence-corrected chi connectivity index (χ3v) is 4.45. The van der Waals surface area contributed by atoms with E-state index >= 15 is 0 Å². The van der Waals surface area contributed by atoms with Crippen molar-refractivity contribution in [2.75, 3.05) is 0 Å². The van der Waals surface area contributed by atoms with E-state index in [0.29, 0.717) is 12.3 Å². The summed E-state index contributed by atoms with van der Waals surface area (Å²) < 4.78 is 12.7. The van der Waals surface area contributed by atoms with Crippen LogP contribution in [0.25, 0.3) is 0 Å². The molecule has 0 aliphatic rings. The Labute approximate surface area is 165 Å². The summed E-state index contributed by atoms with van der Waals surface area (Å²) >= 11 is 5.98. The highest BCUT2D eigenvalue weighted by molar-refractivity contribution is 6.32. The number of carbonyl (C=O) groups is 1. The van der Waals surface area contributed by atoms with E-state index in [1.807, 2.05) is 14.0 Å². The molecule has 9 nitrogen and oxygen atoms in total. The van der Waals surface area contributed by atoms with E-state index in [1.54, 1.807) is 23.0 Å². The van der Waals surface area contributed by atoms with Crippen molar-refractivity contribution in [2.45, 2.75) is 20.1 Å². The van der Waals surface area contributed by atoms with Crippen molar-refractivity contribution in [1.82, 2.24) is 15.1 Å². The van der Waals surface area contributed by atoms with Gasteiger partial charge in [-0.05, 0) is 25.1 Å². The first-order chi connectivity index (χ1) is 13.3. The Hall–Kier alpha value is -3.33. The Bertz CT molecular complexity index is 1030. The first-order valence-corrected chi connectivity index (χ1v) is 8.64. The molecule has 0 spiro atoms. The Balaban J connectivity index is 1.57. The highest BCUT2D eigenvalue weighted by Crippen LogP contribution is 2.29. The van der Waals surface area contributed by atoms with Crippen molar-refractivity contribution in [3.63, 3.8) is 0 Å². The summed E-state index contributed by atoms with van der Waals surface area (Å²) in [6.07, 6.45) is 1.70. The predicted molar refractivity (Wildman–Crippen MR) is 100 cm³/mol. The van der Waals surface area contributed by atoms with Gasteiger partial charge in [0.1, 0.15) is 18.1 Å². The molecule has 2 aromatic heterocycles. The van der Waals surface area contributed by atoms with Gasteiger partial charge in [0.25, 0.3) is 11.6 Å². The number of nitro benzene ring substituents is 1. The van der Waals surface area contributed by atoms with Crippen LogP contribution in [0.4, 0.5) is 5.69 Å². The van der Waals surface area contributed by atoms with Gasteiger partial charge >= 0.3 is 0 Å². The molecule has 0 saturated heterocycles. The Morgan fingerprint density at radius 1 is 1.39 bits per heavy atom. The Kier molecular flexibility index (Phi) is 5.65. The summed E-state index contributed by atoms with van der Waals surface area (Å²) in [6.45, 7) is 2.27. The van der Waals surface area contributed by atoms with Gasteiger partial charge in [0.15, 0.2) is 5.76 Å². The van der Waals surface area contributed by atoms with Crippen LogP contribution in [0.1, 0.15) is 27.6 Å². The summed E-state index contributed by atoms with van der Waals surface area (Å²) in [5, 5.41) is 17.7. The monoisotopic (exact) mass is 404 g/mol. The lowest BCUT2D eigenvalue weighted by Gasteiger charge is -2.06. The number of aryl methyl sites for hydroxylation is 1. The third-order valence-electron chi connectivity index (χ3n) is 4.16. The second-order valence-electron chi connectivity index (χ2n) is 5.99. The van der Waals surface area contributed by atoms with Crippen LogP contribution in [0.5, 0.6) is 5.75 Å². The second-order valence-corrected chi connectivity index (χ2v) is 6.40. The molecule has 28 heavy (non-hydrogen) atoms. The number of hydrogen-bond acceptors (Lipinski definition) is 6. The highest BCUT2D eigenvalue weighted by Gasteiger charge is 2.14. The number of halogens is 1. The smallest absolute Gasteiger partial charge is 0.287 e. The van der Waals surface area contributed by atoms with Crippen LogP contribution in [0.3, 0.4) is 0 Å². The fourth-order valence-electron chi connectivity index (χ4n) is 2.43. The molecule has 0 radical (unpaired) electrons. The summed E-state index contributed by atoms with van der Waals surface area (Å²) in [5.41, 5.74) is 1.76. The molecule has 146 valence electrons. The number of carbonyl (C=O) groups excluding carboxylic acids is 1. The minimum atomic E-state index is -0.542. The van der Waals surface area contributed by atoms with Gasteiger partial charge in [-0.3, -0.25) is 19.6 Å². The predicted octanol–water partition coefficient (Wildman–Crippen LogP) is 3.39. The highest BCUT2D eigenvalue weighted by atomic mass is 35.5. The van der Waals surface area contributed by atoms with E-state index < -0.39 is 4.92 Å². The summed E-state index contributed by atoms with van der Waals surface area (Å²) in [5.74, 6) is 0.483. The minimum Gasteiger partial charge on any atom is -0.484 e. The molecule has 0 bridgehead atoms. The van der Waals surface area contributed by atoms with Gasteiger partial charge in [-0.15, -0.1) is 0 Å². The van der Waals surface area contributed by atoms with Crippen molar-refractivity contribution < 1.29 is 18.9 Å². The molecule has 0 aliphatic carbocycles. The number of benzene rings is 1. The molecular formula is C18H17ClN4O5. The van der Waals surface area contributed by atoms with Crippen LogP contribution in [0.2, 0.25) is 5.02 Å². The Morgan fingerprint density at radius 3 is 2.82 bits per heavy atom. The number of ether oxygens (including phenoxy) is 1. The van der Waals surface area contributed by atoms with Gasteiger partial charge in [0.2, 0.25) is 0 Å². The van der Waals surface area contributed by atoms with Crippen molar-refractivity contribution in [2.24, 2.45) is 7.05 Å². The lowest BCUT2D eigenvalue weighted by molar-refractivity contribution is -0.384. The molecule has 10 heteroatoms. The van der Waals surface area contributed by atoms with E-state index in [9.17, 15) is 14.9 Å². The standard InChI is InChI=1S/C18H17ClN4O5/c1-11-12(9-21-22(11)2)8-20-18(24)17-6-4-14(28-17)10-27-16-5-3-13(23(25)26)7-15(16)19/h3-7,9H,8,10H2,1-2H3,(H,20,24). The second kappa shape index (κ2) is 8.13. The number of amides is 1. The molecule has 2 heterocycles. The maximum Gasteiger partial charge on any atom is 0.287 e. The molecule has 0 unspecified atom stereocenters. The van der Waals surface area contributed by atoms with Gasteiger partial charge in [-0.2, -0.15) is 5.10 Å². The number of nitrogens with zero attached hydrogens (tertiary/aromatic N) is 3. The van der Waals surface area contributed by atoms with Gasteiger partial charge in [0.05, 0.1) is 16.1 Å². The fraction of sp³-hybridized carbons (Fsp3) is 0.222. The van der Waals surface area contributed by atoms with Crippen LogP contribution >= 0.6 is 11.6 Å². The van der Waals surface area contributed by atoms with Crippen molar-refractivity contribution in [3.05, 3.63) is 74.4 Å². The van der Waals surface area contributed by atoms with Crippen LogP contribution < -0.4 is 10.1 Å². The van der Waals surface area contributed by atoms with Crippen molar-refractivity contribution in [1.29, 1.82) is 0 Å². The van der Waals surface area contributed by atoms with Crippen LogP contribution in [0, 0.1) is 17.0 Å². The molecule has 0 aliphatic heterocycles. The lowest BCUT2D eigenvalue weighted by atomic mass is 10.2. The zero-order valence-electron chi connectivity index (χ0n) is 15.1. The number of hydrogen-bond donors (Lipinski definition) is 1. The molecule has 3 rings (SSSR count). The summed E-state index contributed by atoms with van der Waals surface area (Å²) in [6, 6.07) is 7.07. The number of nitro groups is 1. The largest absolute Gasteiger partial charge is 0.484 e. The summed E-state index contributed by atoms with van der Waals surface area (Å²) in [7, 11) is 1.83. The average Bonchev–Trinajstić information content (AvgIpc) is 3.26. The molecule has 1 N–H and O–H groups in total. The molecule has 0 fully saturated rings. The number of aromatic nitrogens is 2. The molecule has 1 amide bonds.